The second-order valence-electron chi connectivity index (χ2n) is 5.45. The maximum Gasteiger partial charge on any atom is 0.238 e. The molecule has 122 valence electrons. The largest absolute Gasteiger partial charge is 0.376 e. The lowest BCUT2D eigenvalue weighted by Crippen LogP contribution is -2.62. The molecule has 2 atom stereocenters. The Bertz CT molecular complexity index is 382. The SMILES string of the molecule is CCCCC1(C(OC)(OC)C(C[SiH3])OC)CC(=O)NC1=O. The van der Waals surface area contributed by atoms with Gasteiger partial charge in [0.05, 0.1) is 0 Å². The Labute approximate surface area is 129 Å². The van der Waals surface area contributed by atoms with Crippen molar-refractivity contribution in [3.8, 4) is 0 Å². The average molecular weight is 317 g/mol. The van der Waals surface area contributed by atoms with Crippen LogP contribution in [0.15, 0.2) is 0 Å². The molecule has 1 N–H and O–H groups in total. The zero-order valence-electron chi connectivity index (χ0n) is 13.7. The number of carbonyl (C=O) groups is 2. The van der Waals surface area contributed by atoms with Crippen LogP contribution in [0, 0.1) is 5.41 Å². The van der Waals surface area contributed by atoms with Crippen molar-refractivity contribution in [1.29, 1.82) is 0 Å². The monoisotopic (exact) mass is 317 g/mol. The fourth-order valence-electron chi connectivity index (χ4n) is 3.42. The van der Waals surface area contributed by atoms with Gasteiger partial charge in [0.15, 0.2) is 0 Å². The number of carbonyl (C=O) groups excluding carboxylic acids is 2. The van der Waals surface area contributed by atoms with E-state index in [-0.39, 0.29) is 24.3 Å². The van der Waals surface area contributed by atoms with Crippen molar-refractivity contribution in [1.82, 2.24) is 5.32 Å². The predicted octanol–water partition coefficient (Wildman–Crippen LogP) is -0.00270. The molecule has 0 aliphatic carbocycles. The van der Waals surface area contributed by atoms with Crippen molar-refractivity contribution in [3.63, 3.8) is 0 Å². The quantitative estimate of drug-likeness (QED) is 0.368. The van der Waals surface area contributed by atoms with Crippen LogP contribution < -0.4 is 5.32 Å². The minimum absolute atomic E-state index is 0.0783. The zero-order valence-corrected chi connectivity index (χ0v) is 15.7. The average Bonchev–Trinajstić information content (AvgIpc) is 2.77. The van der Waals surface area contributed by atoms with Crippen molar-refractivity contribution in [3.05, 3.63) is 0 Å². The van der Waals surface area contributed by atoms with E-state index in [4.69, 9.17) is 14.2 Å². The Kier molecular flexibility index (Phi) is 6.52. The molecule has 0 spiro atoms. The van der Waals surface area contributed by atoms with Gasteiger partial charge in [-0.15, -0.1) is 0 Å². The van der Waals surface area contributed by atoms with Gasteiger partial charge in [-0.05, 0) is 12.5 Å². The minimum Gasteiger partial charge on any atom is -0.376 e. The molecule has 1 rings (SSSR count). The molecule has 7 heteroatoms. The highest BCUT2D eigenvalue weighted by Gasteiger charge is 2.64. The number of hydrogen-bond acceptors (Lipinski definition) is 5. The Hall–Kier alpha value is -0.763. The van der Waals surface area contributed by atoms with Gasteiger partial charge in [-0.3, -0.25) is 14.9 Å². The second-order valence-corrected chi connectivity index (χ2v) is 6.26. The fourth-order valence-corrected chi connectivity index (χ4v) is 4.29. The van der Waals surface area contributed by atoms with Gasteiger partial charge in [0.2, 0.25) is 17.6 Å². The van der Waals surface area contributed by atoms with Gasteiger partial charge < -0.3 is 14.2 Å². The minimum atomic E-state index is -1.24. The predicted molar refractivity (Wildman–Crippen MR) is 82.0 cm³/mol. The Morgan fingerprint density at radius 3 is 2.29 bits per heavy atom. The van der Waals surface area contributed by atoms with Crippen LogP contribution in [-0.4, -0.2) is 55.3 Å². The third-order valence-corrected chi connectivity index (χ3v) is 5.20. The summed E-state index contributed by atoms with van der Waals surface area (Å²) in [7, 11) is 5.47. The van der Waals surface area contributed by atoms with E-state index in [1.165, 1.54) is 14.2 Å². The van der Waals surface area contributed by atoms with Crippen LogP contribution in [0.3, 0.4) is 0 Å². The summed E-state index contributed by atoms with van der Waals surface area (Å²) in [5.74, 6) is -1.84. The lowest BCUT2D eigenvalue weighted by atomic mass is 9.71. The third kappa shape index (κ3) is 2.92. The summed E-state index contributed by atoms with van der Waals surface area (Å²) in [5.41, 5.74) is -1.03. The summed E-state index contributed by atoms with van der Waals surface area (Å²) in [5, 5.41) is 2.41. The highest BCUT2D eigenvalue weighted by molar-refractivity contribution is 6.09. The Morgan fingerprint density at radius 1 is 1.33 bits per heavy atom. The molecular weight excluding hydrogens is 290 g/mol. The molecule has 1 saturated heterocycles. The number of amides is 2. The van der Waals surface area contributed by atoms with E-state index in [2.05, 4.69) is 5.32 Å². The summed E-state index contributed by atoms with van der Waals surface area (Å²) < 4.78 is 16.9. The van der Waals surface area contributed by atoms with Crippen LogP contribution in [0.25, 0.3) is 0 Å². The van der Waals surface area contributed by atoms with Crippen molar-refractivity contribution in [2.75, 3.05) is 21.3 Å². The molecule has 0 aromatic carbocycles. The van der Waals surface area contributed by atoms with Crippen LogP contribution in [0.4, 0.5) is 0 Å². The third-order valence-electron chi connectivity index (χ3n) is 4.46. The van der Waals surface area contributed by atoms with E-state index < -0.39 is 11.2 Å². The van der Waals surface area contributed by atoms with E-state index in [1.807, 2.05) is 6.92 Å². The van der Waals surface area contributed by atoms with Crippen molar-refractivity contribution in [2.45, 2.75) is 50.5 Å². The van der Waals surface area contributed by atoms with Gasteiger partial charge in [-0.1, -0.05) is 19.8 Å². The fraction of sp³-hybridized carbons (Fsp3) is 0.857. The summed E-state index contributed by atoms with van der Waals surface area (Å²) in [6.45, 7) is 2.05. The highest BCUT2D eigenvalue weighted by Crippen LogP contribution is 2.48. The van der Waals surface area contributed by atoms with Crippen LogP contribution in [0.2, 0.25) is 6.04 Å². The van der Waals surface area contributed by atoms with Crippen molar-refractivity contribution >= 4 is 22.1 Å². The van der Waals surface area contributed by atoms with Gasteiger partial charge in [-0.2, -0.15) is 0 Å². The topological polar surface area (TPSA) is 73.9 Å². The van der Waals surface area contributed by atoms with Gasteiger partial charge >= 0.3 is 0 Å². The standard InChI is InChI=1S/C14H27NO5Si/c1-5-6-7-13(8-11(16)15-12(13)17)14(19-3,20-4)10(9-21)18-2/h10H,5-9H2,1-4,21H3,(H,15,16,17). The number of nitrogens with one attached hydrogen (secondary N) is 1. The molecule has 21 heavy (non-hydrogen) atoms. The Morgan fingerprint density at radius 2 is 1.95 bits per heavy atom. The number of hydrogen-bond donors (Lipinski definition) is 1. The normalized spacial score (nSPS) is 24.4. The van der Waals surface area contributed by atoms with Crippen LogP contribution >= 0.6 is 0 Å². The van der Waals surface area contributed by atoms with Crippen LogP contribution in [-0.2, 0) is 23.8 Å². The van der Waals surface area contributed by atoms with E-state index in [0.29, 0.717) is 6.42 Å². The van der Waals surface area contributed by atoms with E-state index in [9.17, 15) is 9.59 Å². The highest BCUT2D eigenvalue weighted by atomic mass is 28.1. The molecule has 1 aliphatic rings. The smallest absolute Gasteiger partial charge is 0.238 e. The number of imide groups is 1. The van der Waals surface area contributed by atoms with E-state index in [1.54, 1.807) is 7.11 Å². The Balaban J connectivity index is 3.37. The number of unbranched alkanes of at least 4 members (excludes halogenated alkanes) is 1. The van der Waals surface area contributed by atoms with Crippen molar-refractivity contribution < 1.29 is 23.8 Å². The molecule has 2 unspecified atom stereocenters. The lowest BCUT2D eigenvalue weighted by molar-refractivity contribution is -0.311. The summed E-state index contributed by atoms with van der Waals surface area (Å²) in [4.78, 5) is 24.4. The number of methoxy groups -OCH3 is 3. The van der Waals surface area contributed by atoms with E-state index in [0.717, 1.165) is 29.1 Å². The molecule has 0 saturated carbocycles. The number of ether oxygens (including phenoxy) is 3. The van der Waals surface area contributed by atoms with Crippen LogP contribution in [0.5, 0.6) is 0 Å². The van der Waals surface area contributed by atoms with Gasteiger partial charge in [0.1, 0.15) is 11.5 Å². The molecule has 0 bridgehead atoms. The van der Waals surface area contributed by atoms with Gasteiger partial charge in [0, 0.05) is 38.0 Å². The molecule has 0 aromatic rings. The molecule has 1 heterocycles. The van der Waals surface area contributed by atoms with Crippen LogP contribution in [0.1, 0.15) is 32.6 Å². The summed E-state index contributed by atoms with van der Waals surface area (Å²) in [6.07, 6.45) is 1.96. The molecule has 1 aliphatic heterocycles. The van der Waals surface area contributed by atoms with Crippen molar-refractivity contribution in [2.24, 2.45) is 5.41 Å². The summed E-state index contributed by atoms with van der Waals surface area (Å²) in [6, 6.07) is 0.744. The lowest BCUT2D eigenvalue weighted by Gasteiger charge is -2.47. The molecule has 1 fully saturated rings. The molecule has 0 aromatic heterocycles. The first-order valence-electron chi connectivity index (χ1n) is 7.45. The second kappa shape index (κ2) is 7.48. The first-order chi connectivity index (χ1) is 9.97. The maximum absolute atomic E-state index is 12.6. The molecule has 6 nitrogen and oxygen atoms in total. The number of rotatable bonds is 9. The summed E-state index contributed by atoms with van der Waals surface area (Å²) >= 11 is 0. The van der Waals surface area contributed by atoms with Gasteiger partial charge in [-0.25, -0.2) is 0 Å². The first kappa shape index (κ1) is 18.3. The van der Waals surface area contributed by atoms with E-state index >= 15 is 0 Å². The molecule has 0 radical (unpaired) electrons. The maximum atomic E-state index is 12.6. The zero-order chi connectivity index (χ0) is 16.1. The van der Waals surface area contributed by atoms with Gasteiger partial charge in [0.25, 0.3) is 0 Å². The molecule has 2 amide bonds. The molecular formula is C14H27NO5Si. The first-order valence-corrected chi connectivity index (χ1v) is 8.86.